The van der Waals surface area contributed by atoms with Crippen LogP contribution in [0.15, 0.2) is 54.6 Å². The van der Waals surface area contributed by atoms with Crippen molar-refractivity contribution in [1.82, 2.24) is 9.88 Å². The third-order valence-electron chi connectivity index (χ3n) is 4.93. The zero-order valence-corrected chi connectivity index (χ0v) is 14.7. The minimum absolute atomic E-state index is 0.102. The summed E-state index contributed by atoms with van der Waals surface area (Å²) in [5.74, 6) is -0.994. The molecule has 2 heterocycles. The van der Waals surface area contributed by atoms with Crippen molar-refractivity contribution in [2.24, 2.45) is 5.92 Å². The van der Waals surface area contributed by atoms with Crippen LogP contribution in [0.5, 0.6) is 0 Å². The summed E-state index contributed by atoms with van der Waals surface area (Å²) in [4.78, 5) is 30.3. The molecule has 138 valence electrons. The summed E-state index contributed by atoms with van der Waals surface area (Å²) in [6.07, 6.45) is 1.46. The Morgan fingerprint density at radius 3 is 2.78 bits per heavy atom. The third kappa shape index (κ3) is 3.69. The lowest BCUT2D eigenvalue weighted by molar-refractivity contribution is -0.121. The third-order valence-corrected chi connectivity index (χ3v) is 4.93. The molecule has 2 N–H and O–H groups in total. The van der Waals surface area contributed by atoms with Gasteiger partial charge in [0, 0.05) is 29.7 Å². The van der Waals surface area contributed by atoms with Crippen LogP contribution in [0.2, 0.25) is 0 Å². The summed E-state index contributed by atoms with van der Waals surface area (Å²) in [6.45, 7) is 0.979. The summed E-state index contributed by atoms with van der Waals surface area (Å²) in [7, 11) is 0. The van der Waals surface area contributed by atoms with Gasteiger partial charge in [0.1, 0.15) is 11.5 Å². The molecular weight excluding hydrogens is 345 g/mol. The number of aromatic amines is 1. The molecule has 27 heavy (non-hydrogen) atoms. The lowest BCUT2D eigenvalue weighted by atomic mass is 9.96. The van der Waals surface area contributed by atoms with Crippen molar-refractivity contribution >= 4 is 28.4 Å². The number of halogens is 1. The Hall–Kier alpha value is -3.15. The van der Waals surface area contributed by atoms with Crippen LogP contribution < -0.4 is 5.32 Å². The van der Waals surface area contributed by atoms with Gasteiger partial charge in [-0.25, -0.2) is 4.39 Å². The van der Waals surface area contributed by atoms with Gasteiger partial charge in [0.2, 0.25) is 5.91 Å². The van der Waals surface area contributed by atoms with Crippen LogP contribution in [0.25, 0.3) is 10.9 Å². The largest absolute Gasteiger partial charge is 0.351 e. The van der Waals surface area contributed by atoms with Crippen LogP contribution in [0.3, 0.4) is 0 Å². The van der Waals surface area contributed by atoms with Gasteiger partial charge < -0.3 is 15.2 Å². The Labute approximate surface area is 156 Å². The van der Waals surface area contributed by atoms with Crippen molar-refractivity contribution in [3.8, 4) is 0 Å². The minimum atomic E-state index is -0.396. The van der Waals surface area contributed by atoms with E-state index < -0.39 is 5.82 Å². The number of carbonyl (C=O) groups excluding carboxylic acids is 2. The van der Waals surface area contributed by atoms with E-state index in [1.54, 1.807) is 17.0 Å². The van der Waals surface area contributed by atoms with Crippen LogP contribution in [0.4, 0.5) is 10.1 Å². The van der Waals surface area contributed by atoms with E-state index in [9.17, 15) is 14.0 Å². The number of para-hydroxylation sites is 1. The number of H-pyrrole nitrogens is 1. The molecule has 3 aromatic rings. The lowest BCUT2D eigenvalue weighted by Crippen LogP contribution is -2.43. The zero-order valence-electron chi connectivity index (χ0n) is 14.7. The van der Waals surface area contributed by atoms with Crippen molar-refractivity contribution in [3.05, 3.63) is 66.1 Å². The van der Waals surface area contributed by atoms with Crippen molar-refractivity contribution in [3.63, 3.8) is 0 Å². The number of piperidine rings is 1. The molecule has 0 aliphatic carbocycles. The lowest BCUT2D eigenvalue weighted by Gasteiger charge is -2.31. The van der Waals surface area contributed by atoms with Gasteiger partial charge in [0.15, 0.2) is 0 Å². The molecule has 0 saturated carbocycles. The number of nitrogens with one attached hydrogen (secondary N) is 2. The maximum absolute atomic E-state index is 13.3. The first-order chi connectivity index (χ1) is 13.1. The highest BCUT2D eigenvalue weighted by Gasteiger charge is 2.29. The molecular formula is C21H20FN3O2. The highest BCUT2D eigenvalue weighted by molar-refractivity contribution is 5.99. The summed E-state index contributed by atoms with van der Waals surface area (Å²) in [6, 6.07) is 15.4. The molecule has 1 unspecified atom stereocenters. The van der Waals surface area contributed by atoms with E-state index >= 15 is 0 Å². The summed E-state index contributed by atoms with van der Waals surface area (Å²) in [5.41, 5.74) is 1.87. The van der Waals surface area contributed by atoms with E-state index in [4.69, 9.17) is 0 Å². The van der Waals surface area contributed by atoms with Crippen molar-refractivity contribution < 1.29 is 14.0 Å². The second kappa shape index (κ2) is 7.23. The van der Waals surface area contributed by atoms with Gasteiger partial charge in [0.05, 0.1) is 5.92 Å². The molecule has 1 aliphatic rings. The average Bonchev–Trinajstić information content (AvgIpc) is 3.12. The Morgan fingerprint density at radius 1 is 1.11 bits per heavy atom. The van der Waals surface area contributed by atoms with Crippen LogP contribution in [-0.4, -0.2) is 34.8 Å². The topological polar surface area (TPSA) is 65.2 Å². The normalized spacial score (nSPS) is 17.1. The van der Waals surface area contributed by atoms with E-state index in [1.165, 1.54) is 12.1 Å². The van der Waals surface area contributed by atoms with E-state index in [1.807, 2.05) is 30.3 Å². The first-order valence-corrected chi connectivity index (χ1v) is 9.03. The average molecular weight is 365 g/mol. The van der Waals surface area contributed by atoms with Gasteiger partial charge in [-0.2, -0.15) is 0 Å². The van der Waals surface area contributed by atoms with Crippen molar-refractivity contribution in [1.29, 1.82) is 0 Å². The molecule has 0 radical (unpaired) electrons. The smallest absolute Gasteiger partial charge is 0.270 e. The molecule has 4 rings (SSSR count). The molecule has 1 aliphatic heterocycles. The number of likely N-dealkylation sites (tertiary alicyclic amines) is 1. The van der Waals surface area contributed by atoms with Gasteiger partial charge in [-0.05, 0) is 43.2 Å². The molecule has 2 amide bonds. The molecule has 5 nitrogen and oxygen atoms in total. The number of fused-ring (bicyclic) bond motifs is 1. The Bertz CT molecular complexity index is 965. The Balaban J connectivity index is 1.45. The molecule has 0 bridgehead atoms. The highest BCUT2D eigenvalue weighted by atomic mass is 19.1. The quantitative estimate of drug-likeness (QED) is 0.741. The monoisotopic (exact) mass is 365 g/mol. The van der Waals surface area contributed by atoms with Crippen LogP contribution >= 0.6 is 0 Å². The number of rotatable bonds is 3. The molecule has 0 spiro atoms. The number of hydrogen-bond donors (Lipinski definition) is 2. The summed E-state index contributed by atoms with van der Waals surface area (Å²) >= 11 is 0. The fourth-order valence-corrected chi connectivity index (χ4v) is 3.55. The van der Waals surface area contributed by atoms with Crippen LogP contribution in [0.1, 0.15) is 23.3 Å². The maximum Gasteiger partial charge on any atom is 0.270 e. The number of amides is 2. The number of aromatic nitrogens is 1. The molecule has 2 aromatic carbocycles. The standard InChI is InChI=1S/C21H20FN3O2/c22-16-7-3-8-17(12-16)23-20(26)15-6-4-10-25(13-15)21(27)19-11-14-5-1-2-9-18(14)24-19/h1-3,5,7-9,11-12,15,24H,4,6,10,13H2,(H,23,26). The molecule has 6 heteroatoms. The van der Waals surface area contributed by atoms with Crippen molar-refractivity contribution in [2.45, 2.75) is 12.8 Å². The van der Waals surface area contributed by atoms with E-state index in [-0.39, 0.29) is 17.7 Å². The number of nitrogens with zero attached hydrogens (tertiary/aromatic N) is 1. The fourth-order valence-electron chi connectivity index (χ4n) is 3.55. The molecule has 1 aromatic heterocycles. The van der Waals surface area contributed by atoms with Gasteiger partial charge in [0.25, 0.3) is 5.91 Å². The fraction of sp³-hybridized carbons (Fsp3) is 0.238. The zero-order chi connectivity index (χ0) is 18.8. The molecule has 1 saturated heterocycles. The Kier molecular flexibility index (Phi) is 4.62. The SMILES string of the molecule is O=C(Nc1cccc(F)c1)C1CCCN(C(=O)c2cc3ccccc3[nH]2)C1. The number of carbonyl (C=O) groups is 2. The van der Waals surface area contributed by atoms with Gasteiger partial charge >= 0.3 is 0 Å². The minimum Gasteiger partial charge on any atom is -0.351 e. The van der Waals surface area contributed by atoms with Gasteiger partial charge in [-0.3, -0.25) is 9.59 Å². The predicted molar refractivity (Wildman–Crippen MR) is 102 cm³/mol. The second-order valence-corrected chi connectivity index (χ2v) is 6.86. The molecule has 1 fully saturated rings. The maximum atomic E-state index is 13.3. The Morgan fingerprint density at radius 2 is 1.96 bits per heavy atom. The predicted octanol–water partition coefficient (Wildman–Crippen LogP) is 3.80. The van der Waals surface area contributed by atoms with Crippen LogP contribution in [-0.2, 0) is 4.79 Å². The number of benzene rings is 2. The highest BCUT2D eigenvalue weighted by Crippen LogP contribution is 2.22. The summed E-state index contributed by atoms with van der Waals surface area (Å²) < 4.78 is 13.3. The second-order valence-electron chi connectivity index (χ2n) is 6.86. The van der Waals surface area contributed by atoms with Crippen LogP contribution in [0, 0.1) is 11.7 Å². The van der Waals surface area contributed by atoms with Crippen molar-refractivity contribution in [2.75, 3.05) is 18.4 Å². The van der Waals surface area contributed by atoms with E-state index in [0.29, 0.717) is 30.9 Å². The van der Waals surface area contributed by atoms with E-state index in [0.717, 1.165) is 17.3 Å². The summed E-state index contributed by atoms with van der Waals surface area (Å²) in [5, 5.41) is 3.73. The van der Waals surface area contributed by atoms with Gasteiger partial charge in [-0.15, -0.1) is 0 Å². The number of anilines is 1. The first-order valence-electron chi connectivity index (χ1n) is 9.03. The van der Waals surface area contributed by atoms with E-state index in [2.05, 4.69) is 10.3 Å². The first kappa shape index (κ1) is 17.3. The molecule has 1 atom stereocenters. The number of hydrogen-bond acceptors (Lipinski definition) is 2. The van der Waals surface area contributed by atoms with Gasteiger partial charge in [-0.1, -0.05) is 24.3 Å².